The van der Waals surface area contributed by atoms with E-state index in [1.165, 1.54) is 16.0 Å². The lowest BCUT2D eigenvalue weighted by molar-refractivity contribution is -0.156. The number of aromatic nitrogens is 1. The van der Waals surface area contributed by atoms with Crippen molar-refractivity contribution in [1.29, 1.82) is 5.41 Å². The van der Waals surface area contributed by atoms with E-state index in [9.17, 15) is 14.4 Å². The number of amides is 3. The van der Waals surface area contributed by atoms with Crippen molar-refractivity contribution in [1.82, 2.24) is 20.3 Å². The van der Waals surface area contributed by atoms with Gasteiger partial charge in [0.25, 0.3) is 0 Å². The lowest BCUT2D eigenvalue weighted by Crippen LogP contribution is -2.54. The van der Waals surface area contributed by atoms with Crippen LogP contribution in [0.1, 0.15) is 38.5 Å². The summed E-state index contributed by atoms with van der Waals surface area (Å²) in [6.45, 7) is 7.10. The van der Waals surface area contributed by atoms with Crippen molar-refractivity contribution in [3.63, 3.8) is 0 Å². The van der Waals surface area contributed by atoms with Gasteiger partial charge in [0.05, 0.1) is 19.3 Å². The van der Waals surface area contributed by atoms with Gasteiger partial charge in [-0.05, 0) is 51.5 Å². The zero-order valence-corrected chi connectivity index (χ0v) is 19.5. The second kappa shape index (κ2) is 10.8. The fraction of sp³-hybridized carbons (Fsp3) is 0.435. The van der Waals surface area contributed by atoms with Crippen molar-refractivity contribution >= 4 is 23.7 Å². The van der Waals surface area contributed by atoms with Gasteiger partial charge in [-0.2, -0.15) is 0 Å². The first-order valence-corrected chi connectivity index (χ1v) is 10.9. The highest BCUT2D eigenvalue weighted by molar-refractivity contribution is 6.35. The Balaban J connectivity index is 1.38. The standard InChI is InChI=1S/C23H29N5O6/c1-23(2,3)33-22(31)26-19(24)16-5-7-17(8-6-16)32-14-4-11-27-12-13-28(21(30)20(27)29)15-18-9-10-25-34-18/h5-10H,4,11-15H2,1-3H3,(H2,24,26,31). The summed E-state index contributed by atoms with van der Waals surface area (Å²) in [5.74, 6) is -0.0444. The maximum Gasteiger partial charge on any atom is 0.413 e. The summed E-state index contributed by atoms with van der Waals surface area (Å²) >= 11 is 0. The summed E-state index contributed by atoms with van der Waals surface area (Å²) in [6.07, 6.45) is 1.36. The van der Waals surface area contributed by atoms with E-state index in [1.807, 2.05) is 0 Å². The molecule has 0 atom stereocenters. The summed E-state index contributed by atoms with van der Waals surface area (Å²) in [5, 5.41) is 14.0. The molecule has 0 spiro atoms. The van der Waals surface area contributed by atoms with E-state index < -0.39 is 23.5 Å². The normalized spacial score (nSPS) is 14.2. The Morgan fingerprint density at radius 3 is 2.44 bits per heavy atom. The number of nitrogens with zero attached hydrogens (tertiary/aromatic N) is 3. The van der Waals surface area contributed by atoms with Crippen LogP contribution in [-0.4, -0.2) is 70.5 Å². The lowest BCUT2D eigenvalue weighted by atomic mass is 10.2. The Morgan fingerprint density at radius 1 is 1.12 bits per heavy atom. The van der Waals surface area contributed by atoms with Gasteiger partial charge in [-0.25, -0.2) is 4.79 Å². The maximum atomic E-state index is 12.4. The smallest absolute Gasteiger partial charge is 0.413 e. The average Bonchev–Trinajstić information content (AvgIpc) is 3.28. The van der Waals surface area contributed by atoms with Crippen LogP contribution in [0.25, 0.3) is 0 Å². The second-order valence-electron chi connectivity index (χ2n) is 8.73. The Labute approximate surface area is 197 Å². The number of ether oxygens (including phenoxy) is 2. The van der Waals surface area contributed by atoms with E-state index in [2.05, 4.69) is 10.5 Å². The molecule has 2 N–H and O–H groups in total. The average molecular weight is 472 g/mol. The number of hydrogen-bond acceptors (Lipinski definition) is 8. The van der Waals surface area contributed by atoms with Crippen LogP contribution in [0.3, 0.4) is 0 Å². The van der Waals surface area contributed by atoms with Gasteiger partial charge in [-0.1, -0.05) is 5.16 Å². The molecule has 1 aliphatic heterocycles. The molecule has 0 radical (unpaired) electrons. The molecule has 0 bridgehead atoms. The van der Waals surface area contributed by atoms with Gasteiger partial charge in [-0.15, -0.1) is 0 Å². The fourth-order valence-electron chi connectivity index (χ4n) is 3.23. The molecule has 1 aromatic heterocycles. The fourth-order valence-corrected chi connectivity index (χ4v) is 3.23. The molecule has 1 saturated heterocycles. The number of hydrogen-bond donors (Lipinski definition) is 2. The van der Waals surface area contributed by atoms with Crippen LogP contribution >= 0.6 is 0 Å². The molecule has 11 nitrogen and oxygen atoms in total. The molecular formula is C23H29N5O6. The van der Waals surface area contributed by atoms with E-state index in [-0.39, 0.29) is 12.4 Å². The number of piperazine rings is 1. The first kappa shape index (κ1) is 24.7. The van der Waals surface area contributed by atoms with E-state index >= 15 is 0 Å². The molecule has 11 heteroatoms. The van der Waals surface area contributed by atoms with Crippen LogP contribution in [0.2, 0.25) is 0 Å². The maximum absolute atomic E-state index is 12.4. The third kappa shape index (κ3) is 7.06. The van der Waals surface area contributed by atoms with Crippen LogP contribution in [0.5, 0.6) is 5.75 Å². The molecule has 182 valence electrons. The lowest BCUT2D eigenvalue weighted by Gasteiger charge is -2.33. The van der Waals surface area contributed by atoms with Crippen LogP contribution in [0.15, 0.2) is 41.1 Å². The third-order valence-corrected chi connectivity index (χ3v) is 4.85. The molecule has 0 unspecified atom stereocenters. The first-order chi connectivity index (χ1) is 16.1. The molecule has 3 amide bonds. The monoisotopic (exact) mass is 471 g/mol. The summed E-state index contributed by atoms with van der Waals surface area (Å²) < 4.78 is 15.8. The SMILES string of the molecule is CC(C)(C)OC(=O)NC(=N)c1ccc(OCCCN2CCN(Cc3ccno3)C(=O)C2=O)cc1. The predicted octanol–water partition coefficient (Wildman–Crippen LogP) is 2.16. The van der Waals surface area contributed by atoms with E-state index in [1.54, 1.807) is 51.1 Å². The number of benzene rings is 1. The van der Waals surface area contributed by atoms with E-state index in [0.29, 0.717) is 49.7 Å². The van der Waals surface area contributed by atoms with Crippen LogP contribution in [-0.2, 0) is 20.9 Å². The van der Waals surface area contributed by atoms with Gasteiger partial charge in [0.1, 0.15) is 17.2 Å². The van der Waals surface area contributed by atoms with Gasteiger partial charge in [0.15, 0.2) is 5.76 Å². The van der Waals surface area contributed by atoms with Crippen molar-refractivity contribution in [2.45, 2.75) is 39.3 Å². The van der Waals surface area contributed by atoms with Crippen molar-refractivity contribution in [2.75, 3.05) is 26.2 Å². The van der Waals surface area contributed by atoms with Crippen LogP contribution in [0, 0.1) is 5.41 Å². The Bertz CT molecular complexity index is 1010. The molecular weight excluding hydrogens is 442 g/mol. The van der Waals surface area contributed by atoms with E-state index in [0.717, 1.165) is 0 Å². The van der Waals surface area contributed by atoms with Gasteiger partial charge >= 0.3 is 17.9 Å². The number of nitrogens with one attached hydrogen (secondary N) is 2. The molecule has 34 heavy (non-hydrogen) atoms. The quantitative estimate of drug-likeness (QED) is 0.260. The Hall–Kier alpha value is -3.89. The molecule has 3 rings (SSSR count). The highest BCUT2D eigenvalue weighted by Gasteiger charge is 2.32. The summed E-state index contributed by atoms with van der Waals surface area (Å²) in [6, 6.07) is 8.36. The molecule has 0 aliphatic carbocycles. The third-order valence-electron chi connectivity index (χ3n) is 4.85. The highest BCUT2D eigenvalue weighted by Crippen LogP contribution is 2.14. The molecule has 1 fully saturated rings. The number of rotatable bonds is 8. The highest BCUT2D eigenvalue weighted by atomic mass is 16.6. The molecule has 1 aliphatic rings. The Kier molecular flexibility index (Phi) is 7.87. The number of carbonyl (C=O) groups is 3. The minimum atomic E-state index is -0.690. The molecule has 1 aromatic carbocycles. The van der Waals surface area contributed by atoms with Crippen molar-refractivity contribution in [2.24, 2.45) is 0 Å². The van der Waals surface area contributed by atoms with Gasteiger partial charge in [0, 0.05) is 31.3 Å². The molecule has 0 saturated carbocycles. The first-order valence-electron chi connectivity index (χ1n) is 10.9. The number of carbonyl (C=O) groups excluding carboxylic acids is 3. The van der Waals surface area contributed by atoms with Crippen molar-refractivity contribution < 1.29 is 28.4 Å². The van der Waals surface area contributed by atoms with Gasteiger partial charge in [-0.3, -0.25) is 20.3 Å². The molecule has 2 aromatic rings. The minimum Gasteiger partial charge on any atom is -0.494 e. The van der Waals surface area contributed by atoms with Crippen LogP contribution in [0.4, 0.5) is 4.79 Å². The zero-order valence-electron chi connectivity index (χ0n) is 19.5. The molecule has 2 heterocycles. The Morgan fingerprint density at radius 2 is 1.79 bits per heavy atom. The minimum absolute atomic E-state index is 0.0774. The predicted molar refractivity (Wildman–Crippen MR) is 121 cm³/mol. The summed E-state index contributed by atoms with van der Waals surface area (Å²) in [4.78, 5) is 39.5. The van der Waals surface area contributed by atoms with Gasteiger partial charge in [0.2, 0.25) is 0 Å². The van der Waals surface area contributed by atoms with Crippen molar-refractivity contribution in [3.05, 3.63) is 47.9 Å². The summed E-state index contributed by atoms with van der Waals surface area (Å²) in [5.41, 5.74) is -0.143. The number of amidine groups is 1. The largest absolute Gasteiger partial charge is 0.494 e. The van der Waals surface area contributed by atoms with Crippen molar-refractivity contribution in [3.8, 4) is 5.75 Å². The van der Waals surface area contributed by atoms with Crippen LogP contribution < -0.4 is 10.1 Å². The summed E-state index contributed by atoms with van der Waals surface area (Å²) in [7, 11) is 0. The number of alkyl carbamates (subject to hydrolysis) is 1. The van der Waals surface area contributed by atoms with Gasteiger partial charge < -0.3 is 23.8 Å². The second-order valence-corrected chi connectivity index (χ2v) is 8.73. The van der Waals surface area contributed by atoms with E-state index in [4.69, 9.17) is 19.4 Å². The topological polar surface area (TPSA) is 138 Å². The zero-order chi connectivity index (χ0) is 24.7.